The van der Waals surface area contributed by atoms with E-state index in [0.29, 0.717) is 12.3 Å². The molecule has 0 unspecified atom stereocenters. The van der Waals surface area contributed by atoms with Gasteiger partial charge in [-0.3, -0.25) is 4.79 Å². The first-order valence-electron chi connectivity index (χ1n) is 10.5. The number of ether oxygens (including phenoxy) is 1. The first kappa shape index (κ1) is 21.7. The molecule has 0 atom stereocenters. The van der Waals surface area contributed by atoms with Crippen molar-refractivity contribution >= 4 is 23.3 Å². The van der Waals surface area contributed by atoms with Crippen LogP contribution in [-0.2, 0) is 4.79 Å². The SMILES string of the molecule is COc1cccc(NC(=O)CCC2CCN(C(=O)Nc3ccc(C)c(C)c3)CC2)c1. The standard InChI is InChI=1S/C24H31N3O3/c1-17-7-9-21(15-18(17)2)26-24(29)27-13-11-19(12-14-27)8-10-23(28)25-20-5-4-6-22(16-20)30-3/h4-7,9,15-16,19H,8,10-14H2,1-3H3,(H,25,28)(H,26,29). The predicted molar refractivity (Wildman–Crippen MR) is 120 cm³/mol. The zero-order valence-corrected chi connectivity index (χ0v) is 18.0. The second kappa shape index (κ2) is 10.1. The summed E-state index contributed by atoms with van der Waals surface area (Å²) in [6.45, 7) is 5.54. The summed E-state index contributed by atoms with van der Waals surface area (Å²) < 4.78 is 5.18. The third-order valence-electron chi connectivity index (χ3n) is 5.79. The number of methoxy groups -OCH3 is 1. The number of likely N-dealkylation sites (tertiary alicyclic amines) is 1. The molecule has 2 N–H and O–H groups in total. The summed E-state index contributed by atoms with van der Waals surface area (Å²) >= 11 is 0. The number of piperidine rings is 1. The van der Waals surface area contributed by atoms with Crippen molar-refractivity contribution in [3.8, 4) is 5.75 Å². The van der Waals surface area contributed by atoms with E-state index in [1.54, 1.807) is 7.11 Å². The summed E-state index contributed by atoms with van der Waals surface area (Å²) in [6.07, 6.45) is 3.17. The van der Waals surface area contributed by atoms with E-state index in [0.717, 1.165) is 49.5 Å². The van der Waals surface area contributed by atoms with Gasteiger partial charge < -0.3 is 20.3 Å². The highest BCUT2D eigenvalue weighted by Gasteiger charge is 2.23. The van der Waals surface area contributed by atoms with Gasteiger partial charge in [0.1, 0.15) is 5.75 Å². The van der Waals surface area contributed by atoms with Crippen molar-refractivity contribution in [2.45, 2.75) is 39.5 Å². The van der Waals surface area contributed by atoms with Crippen LogP contribution in [0.4, 0.5) is 16.2 Å². The van der Waals surface area contributed by atoms with Crippen molar-refractivity contribution < 1.29 is 14.3 Å². The van der Waals surface area contributed by atoms with Crippen LogP contribution in [0, 0.1) is 19.8 Å². The summed E-state index contributed by atoms with van der Waals surface area (Å²) in [5.41, 5.74) is 3.96. The maximum atomic E-state index is 12.5. The Balaban J connectivity index is 1.40. The molecule has 6 nitrogen and oxygen atoms in total. The number of nitrogens with zero attached hydrogens (tertiary/aromatic N) is 1. The topological polar surface area (TPSA) is 70.7 Å². The fraction of sp³-hybridized carbons (Fsp3) is 0.417. The van der Waals surface area contributed by atoms with Crippen molar-refractivity contribution in [3.05, 3.63) is 53.6 Å². The third kappa shape index (κ3) is 5.99. The summed E-state index contributed by atoms with van der Waals surface area (Å²) in [6, 6.07) is 13.3. The monoisotopic (exact) mass is 409 g/mol. The Kier molecular flexibility index (Phi) is 7.33. The van der Waals surface area contributed by atoms with E-state index in [4.69, 9.17) is 4.74 Å². The van der Waals surface area contributed by atoms with E-state index in [1.807, 2.05) is 54.3 Å². The predicted octanol–water partition coefficient (Wildman–Crippen LogP) is 4.97. The number of urea groups is 1. The van der Waals surface area contributed by atoms with E-state index in [9.17, 15) is 9.59 Å². The van der Waals surface area contributed by atoms with Crippen LogP contribution in [0.3, 0.4) is 0 Å². The number of carbonyl (C=O) groups excluding carboxylic acids is 2. The van der Waals surface area contributed by atoms with Crippen LogP contribution >= 0.6 is 0 Å². The van der Waals surface area contributed by atoms with Gasteiger partial charge >= 0.3 is 6.03 Å². The molecule has 0 spiro atoms. The fourth-order valence-corrected chi connectivity index (χ4v) is 3.71. The van der Waals surface area contributed by atoms with Gasteiger partial charge in [-0.05, 0) is 74.4 Å². The average Bonchev–Trinajstić information content (AvgIpc) is 2.75. The van der Waals surface area contributed by atoms with Gasteiger partial charge in [0, 0.05) is 37.0 Å². The van der Waals surface area contributed by atoms with Crippen LogP contribution < -0.4 is 15.4 Å². The molecule has 3 amide bonds. The van der Waals surface area contributed by atoms with Gasteiger partial charge in [-0.15, -0.1) is 0 Å². The number of nitrogens with one attached hydrogen (secondary N) is 2. The minimum atomic E-state index is -0.0486. The molecular weight excluding hydrogens is 378 g/mol. The van der Waals surface area contributed by atoms with Crippen molar-refractivity contribution in [1.29, 1.82) is 0 Å². The second-order valence-corrected chi connectivity index (χ2v) is 7.98. The van der Waals surface area contributed by atoms with Crippen LogP contribution in [0.2, 0.25) is 0 Å². The smallest absolute Gasteiger partial charge is 0.321 e. The van der Waals surface area contributed by atoms with E-state index in [2.05, 4.69) is 17.6 Å². The van der Waals surface area contributed by atoms with E-state index in [1.165, 1.54) is 11.1 Å². The molecule has 1 saturated heterocycles. The Hall–Kier alpha value is -3.02. The third-order valence-corrected chi connectivity index (χ3v) is 5.79. The normalized spacial score (nSPS) is 14.3. The number of amides is 3. The van der Waals surface area contributed by atoms with Gasteiger partial charge in [-0.1, -0.05) is 12.1 Å². The molecule has 0 radical (unpaired) electrons. The lowest BCUT2D eigenvalue weighted by Gasteiger charge is -2.32. The molecule has 0 saturated carbocycles. The van der Waals surface area contributed by atoms with Crippen molar-refractivity contribution in [1.82, 2.24) is 4.90 Å². The number of anilines is 2. The summed E-state index contributed by atoms with van der Waals surface area (Å²) in [7, 11) is 1.61. The molecule has 1 heterocycles. The van der Waals surface area contributed by atoms with Crippen LogP contribution in [0.25, 0.3) is 0 Å². The number of hydrogen-bond acceptors (Lipinski definition) is 3. The molecule has 0 aliphatic carbocycles. The maximum Gasteiger partial charge on any atom is 0.321 e. The average molecular weight is 410 g/mol. The molecule has 2 aromatic rings. The van der Waals surface area contributed by atoms with Gasteiger partial charge in [0.25, 0.3) is 0 Å². The Morgan fingerprint density at radius 3 is 2.43 bits per heavy atom. The van der Waals surface area contributed by atoms with Crippen molar-refractivity contribution in [2.24, 2.45) is 5.92 Å². The highest BCUT2D eigenvalue weighted by molar-refractivity contribution is 5.91. The summed E-state index contributed by atoms with van der Waals surface area (Å²) in [5, 5.41) is 5.92. The molecule has 1 aliphatic heterocycles. The number of hydrogen-bond donors (Lipinski definition) is 2. The number of aryl methyl sites for hydroxylation is 2. The van der Waals surface area contributed by atoms with E-state index < -0.39 is 0 Å². The Morgan fingerprint density at radius 1 is 1.00 bits per heavy atom. The van der Waals surface area contributed by atoms with Gasteiger partial charge in [-0.2, -0.15) is 0 Å². The highest BCUT2D eigenvalue weighted by Crippen LogP contribution is 2.24. The Labute approximate surface area is 178 Å². The van der Waals surface area contributed by atoms with Crippen LogP contribution in [0.1, 0.15) is 36.8 Å². The molecule has 0 aromatic heterocycles. The largest absolute Gasteiger partial charge is 0.497 e. The first-order valence-corrected chi connectivity index (χ1v) is 10.5. The molecule has 30 heavy (non-hydrogen) atoms. The quantitative estimate of drug-likeness (QED) is 0.707. The summed E-state index contributed by atoms with van der Waals surface area (Å²) in [5.74, 6) is 1.20. The van der Waals surface area contributed by atoms with Crippen LogP contribution in [-0.4, -0.2) is 37.0 Å². The molecule has 1 fully saturated rings. The number of carbonyl (C=O) groups is 2. The molecule has 1 aliphatic rings. The zero-order chi connectivity index (χ0) is 21.5. The maximum absolute atomic E-state index is 12.5. The van der Waals surface area contributed by atoms with Gasteiger partial charge in [0.15, 0.2) is 0 Å². The minimum Gasteiger partial charge on any atom is -0.497 e. The van der Waals surface area contributed by atoms with Gasteiger partial charge in [0.05, 0.1) is 7.11 Å². The molecule has 160 valence electrons. The lowest BCUT2D eigenvalue weighted by atomic mass is 9.92. The number of rotatable bonds is 6. The fourth-order valence-electron chi connectivity index (χ4n) is 3.71. The highest BCUT2D eigenvalue weighted by atomic mass is 16.5. The lowest BCUT2D eigenvalue weighted by molar-refractivity contribution is -0.116. The Bertz CT molecular complexity index is 889. The van der Waals surface area contributed by atoms with E-state index in [-0.39, 0.29) is 11.9 Å². The molecular formula is C24H31N3O3. The van der Waals surface area contributed by atoms with Crippen LogP contribution in [0.5, 0.6) is 5.75 Å². The molecule has 0 bridgehead atoms. The van der Waals surface area contributed by atoms with Crippen LogP contribution in [0.15, 0.2) is 42.5 Å². The zero-order valence-electron chi connectivity index (χ0n) is 18.0. The first-order chi connectivity index (χ1) is 14.4. The van der Waals surface area contributed by atoms with Crippen molar-refractivity contribution in [3.63, 3.8) is 0 Å². The lowest BCUT2D eigenvalue weighted by Crippen LogP contribution is -2.41. The number of benzene rings is 2. The molecule has 3 rings (SSSR count). The molecule has 2 aromatic carbocycles. The minimum absolute atomic E-state index is 0.0122. The van der Waals surface area contributed by atoms with Gasteiger partial charge in [-0.25, -0.2) is 4.79 Å². The summed E-state index contributed by atoms with van der Waals surface area (Å²) in [4.78, 5) is 26.7. The second-order valence-electron chi connectivity index (χ2n) is 7.98. The Morgan fingerprint density at radius 2 is 1.73 bits per heavy atom. The molecule has 6 heteroatoms. The van der Waals surface area contributed by atoms with E-state index >= 15 is 0 Å². The van der Waals surface area contributed by atoms with Crippen molar-refractivity contribution in [2.75, 3.05) is 30.8 Å². The van der Waals surface area contributed by atoms with Gasteiger partial charge in [0.2, 0.25) is 5.91 Å².